The molecule has 0 unspecified atom stereocenters. The van der Waals surface area contributed by atoms with Crippen molar-refractivity contribution in [2.45, 2.75) is 52.6 Å². The predicted molar refractivity (Wildman–Crippen MR) is 56.5 cm³/mol. The highest BCUT2D eigenvalue weighted by Gasteiger charge is 2.56. The van der Waals surface area contributed by atoms with Crippen LogP contribution in [-0.2, 0) is 0 Å². The number of nitriles is 1. The maximum atomic E-state index is 10.2. The van der Waals surface area contributed by atoms with E-state index in [0.717, 1.165) is 12.8 Å². The van der Waals surface area contributed by atoms with Gasteiger partial charge in [0, 0.05) is 6.42 Å². The zero-order chi connectivity index (χ0) is 11.0. The summed E-state index contributed by atoms with van der Waals surface area (Å²) in [5.41, 5.74) is -0.436. The maximum Gasteiger partial charge on any atom is 0.0682 e. The number of nitrogens with zero attached hydrogens (tertiary/aromatic N) is 1. The van der Waals surface area contributed by atoms with E-state index >= 15 is 0 Å². The van der Waals surface area contributed by atoms with Crippen molar-refractivity contribution in [2.24, 2.45) is 17.3 Å². The van der Waals surface area contributed by atoms with E-state index in [2.05, 4.69) is 33.8 Å². The molecule has 0 atom stereocenters. The van der Waals surface area contributed by atoms with E-state index in [1.54, 1.807) is 0 Å². The molecule has 0 spiro atoms. The largest absolute Gasteiger partial charge is 0.390 e. The Morgan fingerprint density at radius 1 is 1.21 bits per heavy atom. The molecule has 0 aromatic carbocycles. The Morgan fingerprint density at radius 3 is 2.00 bits per heavy atom. The summed E-state index contributed by atoms with van der Waals surface area (Å²) in [5.74, 6) is 0.786. The van der Waals surface area contributed by atoms with Gasteiger partial charge in [0.05, 0.1) is 11.7 Å². The summed E-state index contributed by atoms with van der Waals surface area (Å²) in [4.78, 5) is 0. The first-order valence-corrected chi connectivity index (χ1v) is 5.46. The summed E-state index contributed by atoms with van der Waals surface area (Å²) in [6.45, 7) is 8.40. The van der Waals surface area contributed by atoms with Crippen LogP contribution in [0.3, 0.4) is 0 Å². The SMILES string of the molecule is CC(C)C1(O)CC(CC#N)(C(C)C)C1. The van der Waals surface area contributed by atoms with Gasteiger partial charge in [-0.25, -0.2) is 0 Å². The maximum absolute atomic E-state index is 10.2. The van der Waals surface area contributed by atoms with Gasteiger partial charge in [-0.1, -0.05) is 27.7 Å². The smallest absolute Gasteiger partial charge is 0.0682 e. The van der Waals surface area contributed by atoms with Crippen LogP contribution in [0, 0.1) is 28.6 Å². The van der Waals surface area contributed by atoms with Crippen molar-refractivity contribution in [3.63, 3.8) is 0 Å². The monoisotopic (exact) mass is 195 g/mol. The molecule has 0 saturated heterocycles. The van der Waals surface area contributed by atoms with Crippen LogP contribution in [-0.4, -0.2) is 10.7 Å². The molecule has 0 bridgehead atoms. The summed E-state index contributed by atoms with van der Waals surface area (Å²) in [5, 5.41) is 19.0. The van der Waals surface area contributed by atoms with E-state index in [1.165, 1.54) is 0 Å². The topological polar surface area (TPSA) is 44.0 Å². The lowest BCUT2D eigenvalue weighted by Gasteiger charge is -2.57. The third kappa shape index (κ3) is 1.66. The zero-order valence-corrected chi connectivity index (χ0v) is 9.67. The standard InChI is InChI=1S/C12H21NO/c1-9(2)11(5-6-13)7-12(14,8-11)10(3)4/h9-10,14H,5,7-8H2,1-4H3. The fraction of sp³-hybridized carbons (Fsp3) is 0.917. The lowest BCUT2D eigenvalue weighted by atomic mass is 9.50. The van der Waals surface area contributed by atoms with Crippen molar-refractivity contribution < 1.29 is 5.11 Å². The van der Waals surface area contributed by atoms with Crippen molar-refractivity contribution in [3.05, 3.63) is 0 Å². The molecule has 80 valence electrons. The number of hydrogen-bond acceptors (Lipinski definition) is 2. The van der Waals surface area contributed by atoms with Crippen molar-refractivity contribution in [3.8, 4) is 6.07 Å². The van der Waals surface area contributed by atoms with Gasteiger partial charge >= 0.3 is 0 Å². The molecule has 0 amide bonds. The molecule has 0 aromatic heterocycles. The summed E-state index contributed by atoms with van der Waals surface area (Å²) in [6.07, 6.45) is 2.17. The van der Waals surface area contributed by atoms with E-state index in [0.29, 0.717) is 18.3 Å². The van der Waals surface area contributed by atoms with Gasteiger partial charge in [-0.2, -0.15) is 5.26 Å². The van der Waals surface area contributed by atoms with E-state index < -0.39 is 5.60 Å². The Morgan fingerprint density at radius 2 is 1.71 bits per heavy atom. The molecule has 1 rings (SSSR count). The van der Waals surface area contributed by atoms with Crippen molar-refractivity contribution in [2.75, 3.05) is 0 Å². The van der Waals surface area contributed by atoms with Crippen LogP contribution >= 0.6 is 0 Å². The summed E-state index contributed by atoms with van der Waals surface area (Å²) >= 11 is 0. The Balaban J connectivity index is 2.69. The minimum Gasteiger partial charge on any atom is -0.390 e. The second kappa shape index (κ2) is 3.55. The third-order valence-electron chi connectivity index (χ3n) is 4.05. The number of aliphatic hydroxyl groups is 1. The molecular weight excluding hydrogens is 174 g/mol. The molecular formula is C12H21NO. The van der Waals surface area contributed by atoms with Crippen molar-refractivity contribution >= 4 is 0 Å². The van der Waals surface area contributed by atoms with Gasteiger partial charge in [-0.15, -0.1) is 0 Å². The molecule has 1 N–H and O–H groups in total. The highest BCUT2D eigenvalue weighted by atomic mass is 16.3. The van der Waals surface area contributed by atoms with E-state index in [4.69, 9.17) is 5.26 Å². The molecule has 1 aliphatic rings. The first kappa shape index (κ1) is 11.5. The summed E-state index contributed by atoms with van der Waals surface area (Å²) in [7, 11) is 0. The van der Waals surface area contributed by atoms with Gasteiger partial charge in [0.15, 0.2) is 0 Å². The predicted octanol–water partition coefficient (Wildman–Crippen LogP) is 2.72. The van der Waals surface area contributed by atoms with Crippen LogP contribution < -0.4 is 0 Å². The lowest BCUT2D eigenvalue weighted by molar-refractivity contribution is -0.172. The van der Waals surface area contributed by atoms with Gasteiger partial charge in [0.2, 0.25) is 0 Å². The quantitative estimate of drug-likeness (QED) is 0.752. The van der Waals surface area contributed by atoms with Crippen molar-refractivity contribution in [1.82, 2.24) is 0 Å². The van der Waals surface area contributed by atoms with E-state index in [1.807, 2.05) is 0 Å². The Kier molecular flexibility index (Phi) is 2.92. The molecule has 14 heavy (non-hydrogen) atoms. The third-order valence-corrected chi connectivity index (χ3v) is 4.05. The molecule has 2 nitrogen and oxygen atoms in total. The molecule has 0 radical (unpaired) electrons. The number of hydrogen-bond donors (Lipinski definition) is 1. The molecule has 1 saturated carbocycles. The van der Waals surface area contributed by atoms with Crippen LogP contribution in [0.1, 0.15) is 47.0 Å². The van der Waals surface area contributed by atoms with Gasteiger partial charge < -0.3 is 5.11 Å². The lowest BCUT2D eigenvalue weighted by Crippen LogP contribution is -2.57. The highest BCUT2D eigenvalue weighted by Crippen LogP contribution is 2.57. The summed E-state index contributed by atoms with van der Waals surface area (Å²) in [6, 6.07) is 2.26. The molecule has 0 heterocycles. The molecule has 1 fully saturated rings. The van der Waals surface area contributed by atoms with Crippen molar-refractivity contribution in [1.29, 1.82) is 5.26 Å². The Bertz CT molecular complexity index is 244. The Hall–Kier alpha value is -0.550. The fourth-order valence-electron chi connectivity index (χ4n) is 2.47. The molecule has 0 aromatic rings. The minimum absolute atomic E-state index is 0.0772. The number of rotatable bonds is 3. The van der Waals surface area contributed by atoms with Gasteiger partial charge in [-0.3, -0.25) is 0 Å². The molecule has 1 aliphatic carbocycles. The van der Waals surface area contributed by atoms with Gasteiger partial charge in [-0.05, 0) is 30.1 Å². The Labute approximate surface area is 86.9 Å². The van der Waals surface area contributed by atoms with Gasteiger partial charge in [0.25, 0.3) is 0 Å². The average Bonchev–Trinajstić information content (AvgIpc) is 2.00. The normalized spacial score (nSPS) is 37.0. The van der Waals surface area contributed by atoms with E-state index in [-0.39, 0.29) is 5.41 Å². The minimum atomic E-state index is -0.513. The summed E-state index contributed by atoms with van der Waals surface area (Å²) < 4.78 is 0. The van der Waals surface area contributed by atoms with Crippen LogP contribution in [0.25, 0.3) is 0 Å². The highest BCUT2D eigenvalue weighted by molar-refractivity contribution is 5.09. The van der Waals surface area contributed by atoms with Gasteiger partial charge in [0.1, 0.15) is 0 Å². The second-order valence-corrected chi connectivity index (χ2v) is 5.46. The van der Waals surface area contributed by atoms with Crippen LogP contribution in [0.5, 0.6) is 0 Å². The first-order valence-electron chi connectivity index (χ1n) is 5.46. The molecule has 0 aliphatic heterocycles. The fourth-order valence-corrected chi connectivity index (χ4v) is 2.47. The average molecular weight is 195 g/mol. The van der Waals surface area contributed by atoms with Crippen LogP contribution in [0.2, 0.25) is 0 Å². The van der Waals surface area contributed by atoms with Crippen LogP contribution in [0.4, 0.5) is 0 Å². The zero-order valence-electron chi connectivity index (χ0n) is 9.67. The van der Waals surface area contributed by atoms with E-state index in [9.17, 15) is 5.11 Å². The molecule has 2 heteroatoms. The van der Waals surface area contributed by atoms with Crippen LogP contribution in [0.15, 0.2) is 0 Å². The second-order valence-electron chi connectivity index (χ2n) is 5.46. The first-order chi connectivity index (χ1) is 6.36.